The van der Waals surface area contributed by atoms with E-state index in [9.17, 15) is 8.78 Å². The first kappa shape index (κ1) is 10.6. The van der Waals surface area contributed by atoms with Crippen molar-refractivity contribution in [1.82, 2.24) is 5.16 Å². The highest BCUT2D eigenvalue weighted by Gasteiger charge is 2.17. The molecule has 0 fully saturated rings. The number of hydrogen-bond donors (Lipinski definition) is 0. The maximum absolute atomic E-state index is 13.3. The first-order chi connectivity index (χ1) is 7.09. The molecule has 2 rings (SSSR count). The number of aromatic nitrogens is 1. The van der Waals surface area contributed by atoms with Crippen LogP contribution >= 0.6 is 27.5 Å². The Bertz CT molecular complexity index is 515. The van der Waals surface area contributed by atoms with Crippen LogP contribution in [0.25, 0.3) is 11.3 Å². The van der Waals surface area contributed by atoms with Crippen molar-refractivity contribution >= 4 is 27.5 Å². The van der Waals surface area contributed by atoms with Crippen molar-refractivity contribution < 1.29 is 13.3 Å². The van der Waals surface area contributed by atoms with Gasteiger partial charge in [0.15, 0.2) is 0 Å². The number of nitrogens with zero attached hydrogens (tertiary/aromatic N) is 1. The van der Waals surface area contributed by atoms with Crippen molar-refractivity contribution in [3.63, 3.8) is 0 Å². The summed E-state index contributed by atoms with van der Waals surface area (Å²) in [6.07, 6.45) is 0. The molecule has 0 spiro atoms. The minimum atomic E-state index is -0.612. The molecule has 0 aliphatic heterocycles. The first-order valence-electron chi connectivity index (χ1n) is 3.85. The van der Waals surface area contributed by atoms with Crippen LogP contribution in [0.3, 0.4) is 0 Å². The van der Waals surface area contributed by atoms with Crippen LogP contribution in [0.5, 0.6) is 0 Å². The van der Waals surface area contributed by atoms with Gasteiger partial charge in [-0.25, -0.2) is 8.78 Å². The lowest BCUT2D eigenvalue weighted by molar-refractivity contribution is 0.402. The fraction of sp³-hybridized carbons (Fsp3) is 0. The van der Waals surface area contributed by atoms with Gasteiger partial charge in [-0.15, -0.1) is 0 Å². The second-order valence-corrected chi connectivity index (χ2v) is 3.84. The summed E-state index contributed by atoms with van der Waals surface area (Å²) in [7, 11) is 0. The molecule has 2 aromatic rings. The van der Waals surface area contributed by atoms with Crippen molar-refractivity contribution in [3.05, 3.63) is 39.5 Å². The van der Waals surface area contributed by atoms with Crippen LogP contribution in [0.2, 0.25) is 5.02 Å². The second kappa shape index (κ2) is 3.90. The van der Waals surface area contributed by atoms with Gasteiger partial charge in [0.1, 0.15) is 22.4 Å². The van der Waals surface area contributed by atoms with E-state index in [0.29, 0.717) is 0 Å². The molecule has 2 nitrogen and oxygen atoms in total. The van der Waals surface area contributed by atoms with Gasteiger partial charge in [-0.2, -0.15) is 0 Å². The Morgan fingerprint density at radius 3 is 2.67 bits per heavy atom. The van der Waals surface area contributed by atoms with Crippen LogP contribution in [0, 0.1) is 11.6 Å². The first-order valence-corrected chi connectivity index (χ1v) is 5.03. The summed E-state index contributed by atoms with van der Waals surface area (Å²) in [5, 5.41) is 3.64. The monoisotopic (exact) mass is 293 g/mol. The van der Waals surface area contributed by atoms with E-state index in [4.69, 9.17) is 16.1 Å². The molecule has 0 saturated heterocycles. The third-order valence-corrected chi connectivity index (χ3v) is 2.90. The van der Waals surface area contributed by atoms with Gasteiger partial charge >= 0.3 is 0 Å². The molecule has 0 saturated carbocycles. The van der Waals surface area contributed by atoms with Crippen LogP contribution in [-0.4, -0.2) is 5.16 Å². The third kappa shape index (κ3) is 1.89. The van der Waals surface area contributed by atoms with Crippen molar-refractivity contribution in [2.24, 2.45) is 0 Å². The Kier molecular flexibility index (Phi) is 2.75. The van der Waals surface area contributed by atoms with Crippen molar-refractivity contribution in [3.8, 4) is 11.3 Å². The molecule has 0 aliphatic carbocycles. The predicted molar refractivity (Wildman–Crippen MR) is 54.6 cm³/mol. The molecule has 1 heterocycles. The Morgan fingerprint density at radius 2 is 2.07 bits per heavy atom. The van der Waals surface area contributed by atoms with Crippen LogP contribution in [-0.2, 0) is 0 Å². The molecule has 78 valence electrons. The molecule has 0 atom stereocenters. The Hall–Kier alpha value is -0.940. The normalized spacial score (nSPS) is 10.7. The number of halogens is 4. The molecule has 0 amide bonds. The Balaban J connectivity index is 2.63. The van der Waals surface area contributed by atoms with Crippen molar-refractivity contribution in [2.75, 3.05) is 0 Å². The van der Waals surface area contributed by atoms with Gasteiger partial charge in [0.2, 0.25) is 4.67 Å². The zero-order chi connectivity index (χ0) is 11.0. The van der Waals surface area contributed by atoms with E-state index in [2.05, 4.69) is 21.1 Å². The molecule has 1 aromatic carbocycles. The van der Waals surface area contributed by atoms with Gasteiger partial charge in [-0.1, -0.05) is 16.8 Å². The van der Waals surface area contributed by atoms with E-state index in [1.165, 1.54) is 0 Å². The van der Waals surface area contributed by atoms with E-state index < -0.39 is 11.6 Å². The molecule has 15 heavy (non-hydrogen) atoms. The summed E-state index contributed by atoms with van der Waals surface area (Å²) in [6.45, 7) is 0. The summed E-state index contributed by atoms with van der Waals surface area (Å²) in [5.41, 5.74) is 0.0370. The third-order valence-electron chi connectivity index (χ3n) is 1.78. The quantitative estimate of drug-likeness (QED) is 0.793. The lowest BCUT2D eigenvalue weighted by atomic mass is 10.1. The highest BCUT2D eigenvalue weighted by atomic mass is 79.9. The fourth-order valence-electron chi connectivity index (χ4n) is 1.11. The van der Waals surface area contributed by atoms with Crippen LogP contribution in [0.4, 0.5) is 8.78 Å². The number of rotatable bonds is 1. The number of benzene rings is 1. The van der Waals surface area contributed by atoms with Crippen molar-refractivity contribution in [2.45, 2.75) is 0 Å². The van der Waals surface area contributed by atoms with Gasteiger partial charge in [0.05, 0.1) is 0 Å². The van der Waals surface area contributed by atoms with E-state index in [0.717, 1.165) is 18.2 Å². The molecule has 0 aliphatic rings. The van der Waals surface area contributed by atoms with Crippen LogP contribution in [0.1, 0.15) is 0 Å². The zero-order valence-corrected chi connectivity index (χ0v) is 9.44. The second-order valence-electron chi connectivity index (χ2n) is 2.74. The van der Waals surface area contributed by atoms with Crippen LogP contribution < -0.4 is 0 Å². The Labute approximate surface area is 97.0 Å². The molecule has 1 aromatic heterocycles. The molecule has 0 unspecified atom stereocenters. The minimum absolute atomic E-state index is 0.0329. The standard InChI is InChI=1S/C9H3BrClF2NO/c10-9-7(11)8(14-15-9)5-3-4(12)1-2-6(5)13/h1-3H. The maximum atomic E-state index is 13.3. The van der Waals surface area contributed by atoms with E-state index in [-0.39, 0.29) is 20.9 Å². The highest BCUT2D eigenvalue weighted by Crippen LogP contribution is 2.34. The Morgan fingerprint density at radius 1 is 1.33 bits per heavy atom. The average Bonchev–Trinajstić information content (AvgIpc) is 2.52. The van der Waals surface area contributed by atoms with Crippen molar-refractivity contribution in [1.29, 1.82) is 0 Å². The molecule has 0 radical (unpaired) electrons. The largest absolute Gasteiger partial charge is 0.347 e. The van der Waals surface area contributed by atoms with Gasteiger partial charge in [-0.3, -0.25) is 0 Å². The summed E-state index contributed by atoms with van der Waals surface area (Å²) in [4.78, 5) is 0. The minimum Gasteiger partial charge on any atom is -0.347 e. The average molecular weight is 294 g/mol. The molecular weight excluding hydrogens is 291 g/mol. The lowest BCUT2D eigenvalue weighted by Gasteiger charge is -1.98. The molecule has 0 N–H and O–H groups in total. The van der Waals surface area contributed by atoms with Gasteiger partial charge in [0, 0.05) is 5.56 Å². The highest BCUT2D eigenvalue weighted by molar-refractivity contribution is 9.10. The molecular formula is C9H3BrClF2NO. The summed E-state index contributed by atoms with van der Waals surface area (Å²) >= 11 is 8.75. The van der Waals surface area contributed by atoms with E-state index >= 15 is 0 Å². The van der Waals surface area contributed by atoms with Gasteiger partial charge in [-0.05, 0) is 34.1 Å². The van der Waals surface area contributed by atoms with Gasteiger partial charge in [0.25, 0.3) is 0 Å². The number of hydrogen-bond acceptors (Lipinski definition) is 2. The van der Waals surface area contributed by atoms with E-state index in [1.807, 2.05) is 0 Å². The smallest absolute Gasteiger partial charge is 0.221 e. The summed E-state index contributed by atoms with van der Waals surface area (Å²) in [6, 6.07) is 3.02. The SMILES string of the molecule is Fc1ccc(F)c(-c2noc(Br)c2Cl)c1. The fourth-order valence-corrected chi connectivity index (χ4v) is 1.54. The van der Waals surface area contributed by atoms with Crippen LogP contribution in [0.15, 0.2) is 27.4 Å². The lowest BCUT2D eigenvalue weighted by Crippen LogP contribution is -1.86. The predicted octanol–water partition coefficient (Wildman–Crippen LogP) is 4.04. The molecule has 6 heteroatoms. The zero-order valence-electron chi connectivity index (χ0n) is 7.10. The molecule has 0 bridgehead atoms. The van der Waals surface area contributed by atoms with Gasteiger partial charge < -0.3 is 4.52 Å². The topological polar surface area (TPSA) is 26.0 Å². The van der Waals surface area contributed by atoms with E-state index in [1.54, 1.807) is 0 Å². The summed E-state index contributed by atoms with van der Waals surface area (Å²) in [5.74, 6) is -1.18. The maximum Gasteiger partial charge on any atom is 0.221 e. The summed E-state index contributed by atoms with van der Waals surface area (Å²) < 4.78 is 31.1.